The van der Waals surface area contributed by atoms with Crippen molar-refractivity contribution in [2.45, 2.75) is 45.2 Å². The van der Waals surface area contributed by atoms with Crippen molar-refractivity contribution in [2.75, 3.05) is 19.1 Å². The largest absolute Gasteiger partial charge is 0.342 e. The monoisotopic (exact) mass is 232 g/mol. The maximum absolute atomic E-state index is 11.8. The quantitative estimate of drug-likeness (QED) is 0.727. The number of likely N-dealkylation sites (N-methyl/N-ethyl adjacent to an activating group) is 1. The molecule has 1 amide bonds. The maximum atomic E-state index is 11.8. The van der Waals surface area contributed by atoms with Crippen LogP contribution in [0.3, 0.4) is 0 Å². The average Bonchev–Trinajstić information content (AvgIpc) is 2.24. The Labute approximate surface area is 97.8 Å². The van der Waals surface area contributed by atoms with E-state index >= 15 is 0 Å². The van der Waals surface area contributed by atoms with E-state index in [1.165, 1.54) is 0 Å². The standard InChI is InChI=1S/C11H24N2OS/c1-5-6-10(12)11(14)13(3)9(2)7-8-15-4/h9-10H,5-8,12H2,1-4H3/t9?,10-/m0/s1. The highest BCUT2D eigenvalue weighted by Crippen LogP contribution is 2.08. The number of amides is 1. The van der Waals surface area contributed by atoms with Gasteiger partial charge in [-0.15, -0.1) is 0 Å². The van der Waals surface area contributed by atoms with Crippen LogP contribution in [0.4, 0.5) is 0 Å². The first-order valence-corrected chi connectivity index (χ1v) is 6.95. The van der Waals surface area contributed by atoms with Crippen LogP contribution in [0.5, 0.6) is 0 Å². The summed E-state index contributed by atoms with van der Waals surface area (Å²) < 4.78 is 0. The highest BCUT2D eigenvalue weighted by atomic mass is 32.2. The van der Waals surface area contributed by atoms with E-state index in [-0.39, 0.29) is 18.0 Å². The molecule has 0 aromatic heterocycles. The van der Waals surface area contributed by atoms with E-state index in [4.69, 9.17) is 5.73 Å². The fourth-order valence-corrected chi connectivity index (χ4v) is 1.97. The van der Waals surface area contributed by atoms with Gasteiger partial charge in [-0.25, -0.2) is 0 Å². The zero-order chi connectivity index (χ0) is 11.8. The summed E-state index contributed by atoms with van der Waals surface area (Å²) in [4.78, 5) is 13.6. The van der Waals surface area contributed by atoms with E-state index in [1.54, 1.807) is 4.90 Å². The van der Waals surface area contributed by atoms with Gasteiger partial charge in [-0.2, -0.15) is 11.8 Å². The smallest absolute Gasteiger partial charge is 0.239 e. The fourth-order valence-electron chi connectivity index (χ4n) is 1.40. The van der Waals surface area contributed by atoms with Crippen LogP contribution in [-0.4, -0.2) is 41.9 Å². The number of carbonyl (C=O) groups is 1. The third-order valence-electron chi connectivity index (χ3n) is 2.67. The number of thioether (sulfide) groups is 1. The molecule has 0 spiro atoms. The van der Waals surface area contributed by atoms with E-state index in [0.29, 0.717) is 0 Å². The summed E-state index contributed by atoms with van der Waals surface area (Å²) in [5.74, 6) is 1.16. The maximum Gasteiger partial charge on any atom is 0.239 e. The molecule has 0 aliphatic heterocycles. The molecule has 0 fully saturated rings. The van der Waals surface area contributed by atoms with Crippen molar-refractivity contribution in [3.8, 4) is 0 Å². The van der Waals surface area contributed by atoms with E-state index in [2.05, 4.69) is 13.2 Å². The highest BCUT2D eigenvalue weighted by molar-refractivity contribution is 7.98. The Morgan fingerprint density at radius 2 is 2.07 bits per heavy atom. The van der Waals surface area contributed by atoms with Gasteiger partial charge in [0.2, 0.25) is 5.91 Å². The van der Waals surface area contributed by atoms with Crippen molar-refractivity contribution < 1.29 is 4.79 Å². The summed E-state index contributed by atoms with van der Waals surface area (Å²) in [6, 6.07) is -0.0374. The average molecular weight is 232 g/mol. The van der Waals surface area contributed by atoms with E-state index in [1.807, 2.05) is 25.7 Å². The molecule has 90 valence electrons. The highest BCUT2D eigenvalue weighted by Gasteiger charge is 2.20. The van der Waals surface area contributed by atoms with Crippen molar-refractivity contribution in [1.82, 2.24) is 4.90 Å². The van der Waals surface area contributed by atoms with Crippen molar-refractivity contribution in [3.05, 3.63) is 0 Å². The van der Waals surface area contributed by atoms with Gasteiger partial charge < -0.3 is 10.6 Å². The van der Waals surface area contributed by atoms with Gasteiger partial charge in [0.05, 0.1) is 6.04 Å². The Bertz CT molecular complexity index is 187. The zero-order valence-electron chi connectivity index (χ0n) is 10.3. The van der Waals surface area contributed by atoms with Gasteiger partial charge in [0, 0.05) is 13.1 Å². The third-order valence-corrected chi connectivity index (χ3v) is 3.31. The molecule has 2 N–H and O–H groups in total. The summed E-state index contributed by atoms with van der Waals surface area (Å²) in [6.07, 6.45) is 4.85. The fraction of sp³-hybridized carbons (Fsp3) is 0.909. The van der Waals surface area contributed by atoms with Crippen LogP contribution in [0.1, 0.15) is 33.1 Å². The molecule has 0 bridgehead atoms. The Morgan fingerprint density at radius 1 is 1.47 bits per heavy atom. The summed E-state index contributed by atoms with van der Waals surface area (Å²) in [6.45, 7) is 4.12. The number of carbonyl (C=O) groups excluding carboxylic acids is 1. The Hall–Kier alpha value is -0.220. The summed E-state index contributed by atoms with van der Waals surface area (Å²) in [5.41, 5.74) is 5.80. The number of nitrogens with two attached hydrogens (primary N) is 1. The molecule has 3 nitrogen and oxygen atoms in total. The van der Waals surface area contributed by atoms with E-state index in [9.17, 15) is 4.79 Å². The van der Waals surface area contributed by atoms with Crippen LogP contribution in [0.15, 0.2) is 0 Å². The van der Waals surface area contributed by atoms with Crippen molar-refractivity contribution >= 4 is 17.7 Å². The molecule has 0 heterocycles. The first-order chi connectivity index (χ1) is 7.04. The number of hydrogen-bond acceptors (Lipinski definition) is 3. The number of rotatable bonds is 7. The predicted octanol–water partition coefficient (Wildman–Crippen LogP) is 1.71. The molecule has 0 aliphatic carbocycles. The van der Waals surface area contributed by atoms with Crippen molar-refractivity contribution in [1.29, 1.82) is 0 Å². The van der Waals surface area contributed by atoms with Gasteiger partial charge in [0.1, 0.15) is 0 Å². The first kappa shape index (κ1) is 14.8. The summed E-state index contributed by atoms with van der Waals surface area (Å²) >= 11 is 1.81. The van der Waals surface area contributed by atoms with Crippen molar-refractivity contribution in [2.24, 2.45) is 5.73 Å². The van der Waals surface area contributed by atoms with Gasteiger partial charge in [-0.1, -0.05) is 13.3 Å². The minimum atomic E-state index is -0.322. The summed E-state index contributed by atoms with van der Waals surface area (Å²) in [7, 11) is 1.85. The zero-order valence-corrected chi connectivity index (χ0v) is 11.1. The summed E-state index contributed by atoms with van der Waals surface area (Å²) in [5, 5.41) is 0. The van der Waals surface area contributed by atoms with Crippen LogP contribution in [-0.2, 0) is 4.79 Å². The lowest BCUT2D eigenvalue weighted by molar-refractivity contribution is -0.133. The molecule has 0 saturated carbocycles. The Morgan fingerprint density at radius 3 is 2.53 bits per heavy atom. The molecule has 4 heteroatoms. The Balaban J connectivity index is 4.05. The predicted molar refractivity (Wildman–Crippen MR) is 68.1 cm³/mol. The first-order valence-electron chi connectivity index (χ1n) is 5.55. The topological polar surface area (TPSA) is 46.3 Å². The van der Waals surface area contributed by atoms with Crippen LogP contribution in [0, 0.1) is 0 Å². The van der Waals surface area contributed by atoms with Crippen LogP contribution < -0.4 is 5.73 Å². The molecule has 0 aromatic carbocycles. The van der Waals surface area contributed by atoms with Gasteiger partial charge >= 0.3 is 0 Å². The van der Waals surface area contributed by atoms with Crippen LogP contribution in [0.25, 0.3) is 0 Å². The molecular formula is C11H24N2OS. The second kappa shape index (κ2) is 7.99. The van der Waals surface area contributed by atoms with E-state index < -0.39 is 0 Å². The van der Waals surface area contributed by atoms with Crippen LogP contribution in [0.2, 0.25) is 0 Å². The second-order valence-electron chi connectivity index (χ2n) is 3.97. The third kappa shape index (κ3) is 5.42. The molecule has 0 rings (SSSR count). The van der Waals surface area contributed by atoms with Gasteiger partial charge in [-0.3, -0.25) is 4.79 Å². The SMILES string of the molecule is CCC[C@H](N)C(=O)N(C)C(C)CCSC. The molecule has 15 heavy (non-hydrogen) atoms. The normalized spacial score (nSPS) is 14.7. The second-order valence-corrected chi connectivity index (χ2v) is 4.96. The lowest BCUT2D eigenvalue weighted by Gasteiger charge is -2.27. The lowest BCUT2D eigenvalue weighted by Crippen LogP contribution is -2.45. The van der Waals surface area contributed by atoms with Gasteiger partial charge in [0.15, 0.2) is 0 Å². The minimum absolute atomic E-state index is 0.0745. The molecule has 0 radical (unpaired) electrons. The van der Waals surface area contributed by atoms with E-state index in [0.717, 1.165) is 25.0 Å². The van der Waals surface area contributed by atoms with Crippen molar-refractivity contribution in [3.63, 3.8) is 0 Å². The lowest BCUT2D eigenvalue weighted by atomic mass is 10.1. The minimum Gasteiger partial charge on any atom is -0.342 e. The number of nitrogens with zero attached hydrogens (tertiary/aromatic N) is 1. The van der Waals surface area contributed by atoms with Crippen LogP contribution >= 0.6 is 11.8 Å². The molecule has 2 atom stereocenters. The Kier molecular flexibility index (Phi) is 7.88. The molecule has 0 saturated heterocycles. The molecule has 1 unspecified atom stereocenters. The molecule has 0 aliphatic rings. The molecule has 0 aromatic rings. The van der Waals surface area contributed by atoms with Gasteiger partial charge in [0.25, 0.3) is 0 Å². The molecular weight excluding hydrogens is 208 g/mol. The number of hydrogen-bond donors (Lipinski definition) is 1. The van der Waals surface area contributed by atoms with Gasteiger partial charge in [-0.05, 0) is 31.8 Å².